The summed E-state index contributed by atoms with van der Waals surface area (Å²) in [7, 11) is 0. The number of nitrogens with one attached hydrogen (secondary N) is 1. The quantitative estimate of drug-likeness (QED) is 0.649. The average molecular weight is 212 g/mol. The third kappa shape index (κ3) is 2.16. The molecule has 1 unspecified atom stereocenters. The highest BCUT2D eigenvalue weighted by atomic mass is 16.3. The molecule has 2 aliphatic heterocycles. The number of rotatable bonds is 1. The fourth-order valence-corrected chi connectivity index (χ4v) is 2.50. The summed E-state index contributed by atoms with van der Waals surface area (Å²) in [5.41, 5.74) is -0.345. The Morgan fingerprint density at radius 2 is 2.13 bits per heavy atom. The Morgan fingerprint density at radius 3 is 2.67 bits per heavy atom. The normalized spacial score (nSPS) is 33.3. The van der Waals surface area contributed by atoms with E-state index >= 15 is 0 Å². The number of nitrogens with zero attached hydrogens (tertiary/aromatic N) is 1. The van der Waals surface area contributed by atoms with Crippen molar-refractivity contribution in [2.75, 3.05) is 19.6 Å². The van der Waals surface area contributed by atoms with Crippen molar-refractivity contribution in [1.82, 2.24) is 10.2 Å². The van der Waals surface area contributed by atoms with Crippen LogP contribution in [0.1, 0.15) is 32.6 Å². The second kappa shape index (κ2) is 4.10. The number of piperidine rings is 1. The van der Waals surface area contributed by atoms with Gasteiger partial charge in [0.15, 0.2) is 0 Å². The molecule has 2 fully saturated rings. The highest BCUT2D eigenvalue weighted by Crippen LogP contribution is 2.23. The van der Waals surface area contributed by atoms with E-state index in [0.717, 1.165) is 32.2 Å². The van der Waals surface area contributed by atoms with E-state index < -0.39 is 0 Å². The van der Waals surface area contributed by atoms with Crippen LogP contribution in [-0.4, -0.2) is 47.2 Å². The molecule has 0 aromatic rings. The Balaban J connectivity index is 1.95. The second-order valence-corrected chi connectivity index (χ2v) is 4.89. The lowest BCUT2D eigenvalue weighted by molar-refractivity contribution is -0.139. The smallest absolute Gasteiger partial charge is 0.242 e. The highest BCUT2D eigenvalue weighted by molar-refractivity contribution is 5.86. The van der Waals surface area contributed by atoms with Gasteiger partial charge in [0.05, 0.1) is 11.6 Å². The number of carbonyl (C=O) groups is 1. The lowest BCUT2D eigenvalue weighted by Crippen LogP contribution is -2.55. The molecule has 15 heavy (non-hydrogen) atoms. The predicted molar refractivity (Wildman–Crippen MR) is 57.5 cm³/mol. The summed E-state index contributed by atoms with van der Waals surface area (Å²) in [5.74, 6) is 0.215. The van der Waals surface area contributed by atoms with Gasteiger partial charge in [-0.05, 0) is 39.2 Å². The number of carbonyl (C=O) groups excluding carboxylic acids is 1. The van der Waals surface area contributed by atoms with Crippen LogP contribution in [0.25, 0.3) is 0 Å². The van der Waals surface area contributed by atoms with Gasteiger partial charge in [-0.25, -0.2) is 0 Å². The minimum absolute atomic E-state index is 0.210. The molecule has 86 valence electrons. The van der Waals surface area contributed by atoms with Crippen LogP contribution in [0.5, 0.6) is 0 Å². The summed E-state index contributed by atoms with van der Waals surface area (Å²) >= 11 is 0. The summed E-state index contributed by atoms with van der Waals surface area (Å²) in [4.78, 5) is 14.1. The van der Waals surface area contributed by atoms with E-state index in [-0.39, 0.29) is 17.6 Å². The zero-order valence-corrected chi connectivity index (χ0v) is 9.33. The van der Waals surface area contributed by atoms with Gasteiger partial charge in [-0.2, -0.15) is 0 Å². The third-order valence-electron chi connectivity index (χ3n) is 3.59. The predicted octanol–water partition coefficient (Wildman–Crippen LogP) is 0.112. The molecule has 0 aliphatic carbocycles. The van der Waals surface area contributed by atoms with Crippen LogP contribution in [-0.2, 0) is 4.79 Å². The van der Waals surface area contributed by atoms with Crippen LogP contribution in [0.15, 0.2) is 0 Å². The first-order valence-corrected chi connectivity index (χ1v) is 5.84. The van der Waals surface area contributed by atoms with E-state index in [1.165, 1.54) is 0 Å². The lowest BCUT2D eigenvalue weighted by Gasteiger charge is -2.35. The summed E-state index contributed by atoms with van der Waals surface area (Å²) in [6.07, 6.45) is 3.26. The van der Waals surface area contributed by atoms with Crippen molar-refractivity contribution in [1.29, 1.82) is 0 Å². The Labute approximate surface area is 90.6 Å². The van der Waals surface area contributed by atoms with Crippen molar-refractivity contribution >= 4 is 5.91 Å². The minimum atomic E-state index is -0.345. The van der Waals surface area contributed by atoms with E-state index in [1.807, 2.05) is 11.8 Å². The standard InChI is InChI=1S/C11H20N2O2/c1-11(5-2-6-12-11)10(15)13-7-3-9(14)4-8-13/h9,12,14H,2-8H2,1H3. The van der Waals surface area contributed by atoms with Crippen molar-refractivity contribution in [3.05, 3.63) is 0 Å². The minimum Gasteiger partial charge on any atom is -0.393 e. The monoisotopic (exact) mass is 212 g/mol. The van der Waals surface area contributed by atoms with Crippen molar-refractivity contribution < 1.29 is 9.90 Å². The fourth-order valence-electron chi connectivity index (χ4n) is 2.50. The molecule has 4 heteroatoms. The topological polar surface area (TPSA) is 52.6 Å². The highest BCUT2D eigenvalue weighted by Gasteiger charge is 2.39. The summed E-state index contributed by atoms with van der Waals surface area (Å²) in [6.45, 7) is 4.35. The number of likely N-dealkylation sites (tertiary alicyclic amines) is 1. The van der Waals surface area contributed by atoms with Gasteiger partial charge in [0.2, 0.25) is 5.91 Å². The SMILES string of the molecule is CC1(C(=O)N2CCC(O)CC2)CCCN1. The molecule has 1 amide bonds. The van der Waals surface area contributed by atoms with Gasteiger partial charge in [0, 0.05) is 13.1 Å². The fraction of sp³-hybridized carbons (Fsp3) is 0.909. The molecule has 2 saturated heterocycles. The van der Waals surface area contributed by atoms with E-state index in [1.54, 1.807) is 0 Å². The largest absolute Gasteiger partial charge is 0.393 e. The van der Waals surface area contributed by atoms with E-state index in [0.29, 0.717) is 13.1 Å². The first-order valence-electron chi connectivity index (χ1n) is 5.84. The van der Waals surface area contributed by atoms with Gasteiger partial charge < -0.3 is 15.3 Å². The molecule has 0 saturated carbocycles. The average Bonchev–Trinajstić information content (AvgIpc) is 2.67. The molecule has 0 aromatic heterocycles. The van der Waals surface area contributed by atoms with Gasteiger partial charge >= 0.3 is 0 Å². The number of hydrogen-bond donors (Lipinski definition) is 2. The maximum absolute atomic E-state index is 12.2. The van der Waals surface area contributed by atoms with Crippen LogP contribution in [0, 0.1) is 0 Å². The number of amides is 1. The summed E-state index contributed by atoms with van der Waals surface area (Å²) in [5, 5.41) is 12.7. The first kappa shape index (κ1) is 10.9. The van der Waals surface area contributed by atoms with Gasteiger partial charge in [-0.15, -0.1) is 0 Å². The van der Waals surface area contributed by atoms with Crippen molar-refractivity contribution in [2.24, 2.45) is 0 Å². The van der Waals surface area contributed by atoms with Crippen molar-refractivity contribution in [3.8, 4) is 0 Å². The maximum Gasteiger partial charge on any atom is 0.242 e. The molecule has 0 radical (unpaired) electrons. The molecule has 0 aromatic carbocycles. The van der Waals surface area contributed by atoms with Gasteiger partial charge in [0.25, 0.3) is 0 Å². The van der Waals surface area contributed by atoms with Crippen LogP contribution in [0.3, 0.4) is 0 Å². The first-order chi connectivity index (χ1) is 7.12. The summed E-state index contributed by atoms with van der Waals surface area (Å²) < 4.78 is 0. The number of aliphatic hydroxyl groups is 1. The number of hydrogen-bond acceptors (Lipinski definition) is 3. The molecule has 4 nitrogen and oxygen atoms in total. The van der Waals surface area contributed by atoms with E-state index in [9.17, 15) is 9.90 Å². The third-order valence-corrected chi connectivity index (χ3v) is 3.59. The van der Waals surface area contributed by atoms with E-state index in [2.05, 4.69) is 5.32 Å². The maximum atomic E-state index is 12.2. The van der Waals surface area contributed by atoms with Crippen LogP contribution in [0.2, 0.25) is 0 Å². The van der Waals surface area contributed by atoms with Crippen LogP contribution < -0.4 is 5.32 Å². The molecular formula is C11H20N2O2. The van der Waals surface area contributed by atoms with E-state index in [4.69, 9.17) is 0 Å². The molecule has 0 bridgehead atoms. The molecule has 1 atom stereocenters. The molecule has 0 spiro atoms. The molecular weight excluding hydrogens is 192 g/mol. The Kier molecular flexibility index (Phi) is 2.98. The Hall–Kier alpha value is -0.610. The van der Waals surface area contributed by atoms with Crippen LogP contribution >= 0.6 is 0 Å². The summed E-state index contributed by atoms with van der Waals surface area (Å²) in [6, 6.07) is 0. The van der Waals surface area contributed by atoms with Crippen molar-refractivity contribution in [2.45, 2.75) is 44.2 Å². The molecule has 2 aliphatic rings. The zero-order chi connectivity index (χ0) is 10.9. The van der Waals surface area contributed by atoms with Gasteiger partial charge in [-0.3, -0.25) is 4.79 Å². The Morgan fingerprint density at radius 1 is 1.47 bits per heavy atom. The lowest BCUT2D eigenvalue weighted by atomic mass is 9.96. The van der Waals surface area contributed by atoms with Crippen molar-refractivity contribution in [3.63, 3.8) is 0 Å². The second-order valence-electron chi connectivity index (χ2n) is 4.89. The molecule has 2 N–H and O–H groups in total. The van der Waals surface area contributed by atoms with Gasteiger partial charge in [-0.1, -0.05) is 0 Å². The Bertz CT molecular complexity index is 241. The van der Waals surface area contributed by atoms with Gasteiger partial charge in [0.1, 0.15) is 0 Å². The molecule has 2 heterocycles. The molecule has 2 rings (SSSR count). The van der Waals surface area contributed by atoms with Crippen LogP contribution in [0.4, 0.5) is 0 Å². The number of aliphatic hydroxyl groups excluding tert-OH is 1. The zero-order valence-electron chi connectivity index (χ0n) is 9.33.